The summed E-state index contributed by atoms with van der Waals surface area (Å²) in [5, 5.41) is 3.38. The van der Waals surface area contributed by atoms with Crippen LogP contribution in [0.1, 0.15) is 25.0 Å². The fourth-order valence-corrected chi connectivity index (χ4v) is 2.38. The number of nitrogens with one attached hydrogen (secondary N) is 1. The van der Waals surface area contributed by atoms with Crippen LogP contribution in [0.3, 0.4) is 0 Å². The summed E-state index contributed by atoms with van der Waals surface area (Å²) < 4.78 is 5.60. The number of hydrogen-bond donors (Lipinski definition) is 1. The van der Waals surface area contributed by atoms with E-state index in [4.69, 9.17) is 4.74 Å². The van der Waals surface area contributed by atoms with Crippen molar-refractivity contribution in [1.29, 1.82) is 0 Å². The lowest BCUT2D eigenvalue weighted by molar-refractivity contribution is 0.0354. The van der Waals surface area contributed by atoms with E-state index in [1.165, 1.54) is 11.1 Å². The molecule has 0 aliphatic rings. The van der Waals surface area contributed by atoms with Crippen LogP contribution in [0.5, 0.6) is 0 Å². The van der Waals surface area contributed by atoms with Crippen LogP contribution < -0.4 is 5.32 Å². The molecule has 0 bridgehead atoms. The average Bonchev–Trinajstić information content (AvgIpc) is 2.28. The molecule has 0 spiro atoms. The zero-order chi connectivity index (χ0) is 12.8. The van der Waals surface area contributed by atoms with Gasteiger partial charge in [0.2, 0.25) is 0 Å². The highest BCUT2D eigenvalue weighted by molar-refractivity contribution is 5.23. The number of rotatable bonds is 6. The lowest BCUT2D eigenvalue weighted by atomic mass is 9.93. The van der Waals surface area contributed by atoms with Gasteiger partial charge in [-0.2, -0.15) is 0 Å². The molecule has 0 radical (unpaired) electrons. The van der Waals surface area contributed by atoms with Crippen LogP contribution in [-0.2, 0) is 11.2 Å². The van der Waals surface area contributed by atoms with Crippen molar-refractivity contribution < 1.29 is 4.74 Å². The SMILES string of the molecule is CNC(Cc1cccc(C)c1)C(OC)C(C)C. The van der Waals surface area contributed by atoms with Crippen LogP contribution in [0.2, 0.25) is 0 Å². The van der Waals surface area contributed by atoms with Crippen molar-refractivity contribution in [2.45, 2.75) is 39.3 Å². The number of ether oxygens (including phenoxy) is 1. The predicted octanol–water partition coefficient (Wildman–Crippen LogP) is 2.80. The molecule has 0 aliphatic heterocycles. The van der Waals surface area contributed by atoms with E-state index < -0.39 is 0 Å². The highest BCUT2D eigenvalue weighted by atomic mass is 16.5. The van der Waals surface area contributed by atoms with Gasteiger partial charge in [0, 0.05) is 13.2 Å². The van der Waals surface area contributed by atoms with Gasteiger partial charge in [0.1, 0.15) is 0 Å². The smallest absolute Gasteiger partial charge is 0.0750 e. The van der Waals surface area contributed by atoms with E-state index in [2.05, 4.69) is 50.4 Å². The largest absolute Gasteiger partial charge is 0.380 e. The van der Waals surface area contributed by atoms with Gasteiger partial charge in [-0.25, -0.2) is 0 Å². The minimum Gasteiger partial charge on any atom is -0.380 e. The molecule has 0 saturated carbocycles. The average molecular weight is 235 g/mol. The summed E-state index contributed by atoms with van der Waals surface area (Å²) in [6, 6.07) is 9.05. The number of likely N-dealkylation sites (N-methyl/N-ethyl adjacent to an activating group) is 1. The quantitative estimate of drug-likeness (QED) is 0.818. The summed E-state index contributed by atoms with van der Waals surface area (Å²) in [5.74, 6) is 0.516. The maximum absolute atomic E-state index is 5.60. The zero-order valence-electron chi connectivity index (χ0n) is 11.7. The molecular formula is C15H25NO. The topological polar surface area (TPSA) is 21.3 Å². The molecule has 1 rings (SSSR count). The summed E-state index contributed by atoms with van der Waals surface area (Å²) in [6.07, 6.45) is 1.26. The summed E-state index contributed by atoms with van der Waals surface area (Å²) >= 11 is 0. The third-order valence-electron chi connectivity index (χ3n) is 3.23. The molecule has 2 atom stereocenters. The van der Waals surface area contributed by atoms with E-state index in [1.807, 2.05) is 7.05 Å². The molecule has 1 N–H and O–H groups in total. The molecule has 1 aromatic carbocycles. The second-order valence-corrected chi connectivity index (χ2v) is 5.03. The molecule has 96 valence electrons. The number of benzene rings is 1. The second-order valence-electron chi connectivity index (χ2n) is 5.03. The number of aryl methyl sites for hydroxylation is 1. The van der Waals surface area contributed by atoms with Crippen molar-refractivity contribution in [2.24, 2.45) is 5.92 Å². The third kappa shape index (κ3) is 4.14. The van der Waals surface area contributed by atoms with E-state index >= 15 is 0 Å². The summed E-state index contributed by atoms with van der Waals surface area (Å²) in [7, 11) is 3.81. The Labute approximate surface area is 105 Å². The Morgan fingerprint density at radius 2 is 2.00 bits per heavy atom. The molecule has 2 nitrogen and oxygen atoms in total. The van der Waals surface area contributed by atoms with Crippen molar-refractivity contribution in [3.05, 3.63) is 35.4 Å². The first-order valence-electron chi connectivity index (χ1n) is 6.34. The van der Waals surface area contributed by atoms with Gasteiger partial charge in [0.15, 0.2) is 0 Å². The van der Waals surface area contributed by atoms with E-state index in [-0.39, 0.29) is 6.10 Å². The Hall–Kier alpha value is -0.860. The molecular weight excluding hydrogens is 210 g/mol. The van der Waals surface area contributed by atoms with Gasteiger partial charge in [0.05, 0.1) is 6.10 Å². The Bertz CT molecular complexity index is 335. The summed E-state index contributed by atoms with van der Waals surface area (Å²) in [5.41, 5.74) is 2.68. The van der Waals surface area contributed by atoms with Gasteiger partial charge in [-0.1, -0.05) is 43.7 Å². The van der Waals surface area contributed by atoms with E-state index in [9.17, 15) is 0 Å². The molecule has 0 saturated heterocycles. The van der Waals surface area contributed by atoms with Crippen molar-refractivity contribution in [3.63, 3.8) is 0 Å². The second kappa shape index (κ2) is 6.77. The Morgan fingerprint density at radius 3 is 2.47 bits per heavy atom. The van der Waals surface area contributed by atoms with Crippen molar-refractivity contribution in [1.82, 2.24) is 5.32 Å². The van der Waals surface area contributed by atoms with Crippen LogP contribution >= 0.6 is 0 Å². The molecule has 0 heterocycles. The fourth-order valence-electron chi connectivity index (χ4n) is 2.38. The molecule has 2 heteroatoms. The molecule has 0 aromatic heterocycles. The Kier molecular flexibility index (Phi) is 5.66. The summed E-state index contributed by atoms with van der Waals surface area (Å²) in [4.78, 5) is 0. The first-order chi connectivity index (χ1) is 8.08. The van der Waals surface area contributed by atoms with E-state index in [0.29, 0.717) is 12.0 Å². The molecule has 0 fully saturated rings. The predicted molar refractivity (Wildman–Crippen MR) is 73.4 cm³/mol. The Morgan fingerprint density at radius 1 is 1.29 bits per heavy atom. The highest BCUT2D eigenvalue weighted by Gasteiger charge is 2.23. The standard InChI is InChI=1S/C15H25NO/c1-11(2)15(17-5)14(16-4)10-13-8-6-7-12(3)9-13/h6-9,11,14-16H,10H2,1-5H3. The zero-order valence-corrected chi connectivity index (χ0v) is 11.7. The first kappa shape index (κ1) is 14.2. The van der Waals surface area contributed by atoms with Crippen LogP contribution in [-0.4, -0.2) is 26.3 Å². The molecule has 2 unspecified atom stereocenters. The van der Waals surface area contributed by atoms with Crippen LogP contribution in [0.15, 0.2) is 24.3 Å². The maximum Gasteiger partial charge on any atom is 0.0750 e. The molecule has 0 aliphatic carbocycles. The van der Waals surface area contributed by atoms with Crippen LogP contribution in [0.4, 0.5) is 0 Å². The van der Waals surface area contributed by atoms with Crippen LogP contribution in [0.25, 0.3) is 0 Å². The third-order valence-corrected chi connectivity index (χ3v) is 3.23. The van der Waals surface area contributed by atoms with Crippen molar-refractivity contribution in [3.8, 4) is 0 Å². The van der Waals surface area contributed by atoms with Gasteiger partial charge >= 0.3 is 0 Å². The molecule has 1 aromatic rings. The Balaban J connectivity index is 2.75. The monoisotopic (exact) mass is 235 g/mol. The molecule has 0 amide bonds. The number of methoxy groups -OCH3 is 1. The summed E-state index contributed by atoms with van der Waals surface area (Å²) in [6.45, 7) is 6.54. The van der Waals surface area contributed by atoms with Crippen LogP contribution in [0, 0.1) is 12.8 Å². The van der Waals surface area contributed by atoms with Crippen molar-refractivity contribution in [2.75, 3.05) is 14.2 Å². The van der Waals surface area contributed by atoms with Gasteiger partial charge < -0.3 is 10.1 Å². The minimum absolute atomic E-state index is 0.250. The molecule has 17 heavy (non-hydrogen) atoms. The fraction of sp³-hybridized carbons (Fsp3) is 0.600. The lowest BCUT2D eigenvalue weighted by Gasteiger charge is -2.29. The van der Waals surface area contributed by atoms with Crippen molar-refractivity contribution >= 4 is 0 Å². The van der Waals surface area contributed by atoms with E-state index in [1.54, 1.807) is 7.11 Å². The van der Waals surface area contributed by atoms with E-state index in [0.717, 1.165) is 6.42 Å². The normalized spacial score (nSPS) is 14.9. The van der Waals surface area contributed by atoms with Gasteiger partial charge in [0.25, 0.3) is 0 Å². The van der Waals surface area contributed by atoms with Gasteiger partial charge in [-0.15, -0.1) is 0 Å². The first-order valence-corrected chi connectivity index (χ1v) is 6.34. The van der Waals surface area contributed by atoms with Gasteiger partial charge in [-0.3, -0.25) is 0 Å². The highest BCUT2D eigenvalue weighted by Crippen LogP contribution is 2.15. The maximum atomic E-state index is 5.60. The van der Waals surface area contributed by atoms with Gasteiger partial charge in [-0.05, 0) is 31.9 Å². The number of hydrogen-bond acceptors (Lipinski definition) is 2. The lowest BCUT2D eigenvalue weighted by Crippen LogP contribution is -2.43. The minimum atomic E-state index is 0.250.